The van der Waals surface area contributed by atoms with Crippen LogP contribution in [0, 0.1) is 11.6 Å². The molecule has 0 saturated heterocycles. The van der Waals surface area contributed by atoms with Gasteiger partial charge in [0.05, 0.1) is 13.2 Å². The number of oxazole rings is 1. The average Bonchev–Trinajstić information content (AvgIpc) is 3.25. The Balaban J connectivity index is 1.94. The van der Waals surface area contributed by atoms with Crippen molar-refractivity contribution in [3.63, 3.8) is 0 Å². The van der Waals surface area contributed by atoms with Gasteiger partial charge in [-0.1, -0.05) is 6.07 Å². The number of benzene rings is 2. The lowest BCUT2D eigenvalue weighted by molar-refractivity contribution is 0.0904. The Morgan fingerprint density at radius 1 is 1.09 bits per heavy atom. The van der Waals surface area contributed by atoms with Gasteiger partial charge in [-0.15, -0.1) is 0 Å². The number of carbonyl (C=O) groups excluding carboxylic acids is 2. The normalized spacial score (nSPS) is 11.6. The maximum Gasteiger partial charge on any atom is 0.405 e. The fourth-order valence-electron chi connectivity index (χ4n) is 3.23. The zero-order chi connectivity index (χ0) is 25.5. The van der Waals surface area contributed by atoms with Gasteiger partial charge in [-0.3, -0.25) is 4.79 Å². The van der Waals surface area contributed by atoms with Crippen molar-refractivity contribution in [1.82, 2.24) is 10.3 Å². The number of halogens is 2. The Bertz CT molecular complexity index is 1210. The quantitative estimate of drug-likeness (QED) is 0.429. The van der Waals surface area contributed by atoms with Gasteiger partial charge in [0.1, 0.15) is 11.6 Å². The highest BCUT2D eigenvalue weighted by Crippen LogP contribution is 2.34. The molecule has 35 heavy (non-hydrogen) atoms. The maximum atomic E-state index is 13.9. The minimum atomic E-state index is -1.07. The molecule has 0 bridgehead atoms. The fraction of sp³-hybridized carbons (Fsp3) is 0.292. The van der Waals surface area contributed by atoms with E-state index in [2.05, 4.69) is 10.3 Å². The number of primary amides is 1. The molecule has 0 aliphatic rings. The Kier molecular flexibility index (Phi) is 8.24. The molecular formula is C24H25F2N3O6. The minimum absolute atomic E-state index is 0.0436. The molecule has 3 N–H and O–H groups in total. The molecule has 186 valence electrons. The van der Waals surface area contributed by atoms with Crippen LogP contribution in [0.1, 0.15) is 48.7 Å². The van der Waals surface area contributed by atoms with E-state index in [0.29, 0.717) is 36.3 Å². The molecule has 0 fully saturated rings. The molecule has 1 heterocycles. The van der Waals surface area contributed by atoms with Crippen LogP contribution in [-0.4, -0.2) is 30.2 Å². The van der Waals surface area contributed by atoms with E-state index in [4.69, 9.17) is 24.4 Å². The van der Waals surface area contributed by atoms with Crippen molar-refractivity contribution in [1.29, 1.82) is 0 Å². The van der Waals surface area contributed by atoms with Crippen molar-refractivity contribution < 1.29 is 37.0 Å². The highest BCUT2D eigenvalue weighted by Gasteiger charge is 2.27. The summed E-state index contributed by atoms with van der Waals surface area (Å²) in [6, 6.07) is 7.99. The first kappa shape index (κ1) is 25.5. The zero-order valence-electron chi connectivity index (χ0n) is 19.4. The van der Waals surface area contributed by atoms with Gasteiger partial charge in [-0.05, 0) is 45.0 Å². The monoisotopic (exact) mass is 489 g/mol. The van der Waals surface area contributed by atoms with Gasteiger partial charge in [-0.25, -0.2) is 18.6 Å². The van der Waals surface area contributed by atoms with Crippen LogP contribution in [0.15, 0.2) is 40.8 Å². The number of nitrogens with two attached hydrogens (primary N) is 1. The predicted molar refractivity (Wildman–Crippen MR) is 121 cm³/mol. The molecule has 1 aromatic heterocycles. The first-order valence-electron chi connectivity index (χ1n) is 10.8. The summed E-state index contributed by atoms with van der Waals surface area (Å²) in [5, 5.41) is 2.51. The minimum Gasteiger partial charge on any atom is -0.490 e. The maximum absolute atomic E-state index is 13.9. The molecule has 0 spiro atoms. The van der Waals surface area contributed by atoms with Crippen molar-refractivity contribution in [2.75, 3.05) is 13.2 Å². The largest absolute Gasteiger partial charge is 0.490 e. The lowest BCUT2D eigenvalue weighted by Crippen LogP contribution is -2.26. The molecule has 2 amide bonds. The molecule has 0 saturated carbocycles. The molecule has 2 aromatic carbocycles. The molecule has 0 aliphatic heterocycles. The van der Waals surface area contributed by atoms with E-state index in [0.717, 1.165) is 6.07 Å². The second-order valence-corrected chi connectivity index (χ2v) is 7.26. The standard InChI is InChI=1S/C24H25F2N3O6/c1-4-32-18-9-7-14(10-19(18)33-5-2)23-29-20(21(35-23)13(3)34-24(27)31)22(30)28-12-15-6-8-16(25)11-17(15)26/h6-11,13H,4-5,12H2,1-3H3,(H2,27,31)(H,28,30). The van der Waals surface area contributed by atoms with Gasteiger partial charge in [0.25, 0.3) is 5.91 Å². The SMILES string of the molecule is CCOc1ccc(-c2nc(C(=O)NCc3ccc(F)cc3F)c(C(C)OC(N)=O)o2)cc1OCC. The summed E-state index contributed by atoms with van der Waals surface area (Å²) in [6.45, 7) is 5.69. The topological polar surface area (TPSA) is 126 Å². The third-order valence-corrected chi connectivity index (χ3v) is 4.78. The highest BCUT2D eigenvalue weighted by molar-refractivity contribution is 5.94. The van der Waals surface area contributed by atoms with Crippen LogP contribution in [0.25, 0.3) is 11.5 Å². The molecule has 1 unspecified atom stereocenters. The van der Waals surface area contributed by atoms with Crippen LogP contribution in [0.5, 0.6) is 11.5 Å². The first-order valence-corrected chi connectivity index (χ1v) is 10.8. The second-order valence-electron chi connectivity index (χ2n) is 7.26. The van der Waals surface area contributed by atoms with Crippen molar-refractivity contribution in [3.05, 3.63) is 65.1 Å². The summed E-state index contributed by atoms with van der Waals surface area (Å²) < 4.78 is 49.0. The number of ether oxygens (including phenoxy) is 3. The van der Waals surface area contributed by atoms with E-state index in [1.54, 1.807) is 18.2 Å². The van der Waals surface area contributed by atoms with Crippen LogP contribution >= 0.6 is 0 Å². The average molecular weight is 489 g/mol. The van der Waals surface area contributed by atoms with Gasteiger partial charge in [-0.2, -0.15) is 0 Å². The smallest absolute Gasteiger partial charge is 0.405 e. The first-order chi connectivity index (χ1) is 16.7. The van der Waals surface area contributed by atoms with Gasteiger partial charge < -0.3 is 29.7 Å². The summed E-state index contributed by atoms with van der Waals surface area (Å²) in [4.78, 5) is 28.5. The van der Waals surface area contributed by atoms with Crippen molar-refractivity contribution in [2.24, 2.45) is 5.73 Å². The van der Waals surface area contributed by atoms with E-state index in [9.17, 15) is 18.4 Å². The summed E-state index contributed by atoms with van der Waals surface area (Å²) in [5.41, 5.74) is 5.45. The number of hydrogen-bond acceptors (Lipinski definition) is 7. The summed E-state index contributed by atoms with van der Waals surface area (Å²) in [5.74, 6) is -1.32. The Morgan fingerprint density at radius 3 is 2.46 bits per heavy atom. The van der Waals surface area contributed by atoms with E-state index in [-0.39, 0.29) is 29.5 Å². The van der Waals surface area contributed by atoms with Crippen molar-refractivity contribution >= 4 is 12.0 Å². The Morgan fingerprint density at radius 2 is 1.80 bits per heavy atom. The van der Waals surface area contributed by atoms with Gasteiger partial charge in [0.15, 0.2) is 29.1 Å². The zero-order valence-corrected chi connectivity index (χ0v) is 19.4. The van der Waals surface area contributed by atoms with Gasteiger partial charge >= 0.3 is 6.09 Å². The molecule has 3 rings (SSSR count). The predicted octanol–water partition coefficient (Wildman–Crippen LogP) is 4.50. The van der Waals surface area contributed by atoms with Crippen LogP contribution < -0.4 is 20.5 Å². The summed E-state index contributed by atoms with van der Waals surface area (Å²) in [6.07, 6.45) is -2.12. The Labute approximate surface area is 200 Å². The van der Waals surface area contributed by atoms with E-state index < -0.39 is 29.7 Å². The van der Waals surface area contributed by atoms with Crippen LogP contribution in [-0.2, 0) is 11.3 Å². The number of nitrogens with zero attached hydrogens (tertiary/aromatic N) is 1. The lowest BCUT2D eigenvalue weighted by Gasteiger charge is -2.11. The Hall–Kier alpha value is -4.15. The van der Waals surface area contributed by atoms with Crippen molar-refractivity contribution in [3.8, 4) is 23.0 Å². The second kappa shape index (κ2) is 11.3. The lowest BCUT2D eigenvalue weighted by atomic mass is 10.2. The number of amides is 2. The number of aromatic nitrogens is 1. The summed E-state index contributed by atoms with van der Waals surface area (Å²) >= 11 is 0. The third kappa shape index (κ3) is 6.25. The van der Waals surface area contributed by atoms with E-state index >= 15 is 0 Å². The van der Waals surface area contributed by atoms with Gasteiger partial charge in [0, 0.05) is 23.7 Å². The van der Waals surface area contributed by atoms with Crippen LogP contribution in [0.4, 0.5) is 13.6 Å². The molecule has 0 radical (unpaired) electrons. The molecule has 9 nitrogen and oxygen atoms in total. The fourth-order valence-corrected chi connectivity index (χ4v) is 3.23. The third-order valence-electron chi connectivity index (χ3n) is 4.78. The number of nitrogens with one attached hydrogen (secondary N) is 1. The number of rotatable bonds is 10. The summed E-state index contributed by atoms with van der Waals surface area (Å²) in [7, 11) is 0. The van der Waals surface area contributed by atoms with Crippen molar-refractivity contribution in [2.45, 2.75) is 33.4 Å². The molecule has 0 aliphatic carbocycles. The molecule has 3 aromatic rings. The van der Waals surface area contributed by atoms with E-state index in [1.165, 1.54) is 13.0 Å². The molecule has 11 heteroatoms. The van der Waals surface area contributed by atoms with Crippen LogP contribution in [0.3, 0.4) is 0 Å². The highest BCUT2D eigenvalue weighted by atomic mass is 19.1. The van der Waals surface area contributed by atoms with Crippen LogP contribution in [0.2, 0.25) is 0 Å². The number of hydrogen-bond donors (Lipinski definition) is 2. The number of carbonyl (C=O) groups is 2. The van der Waals surface area contributed by atoms with Gasteiger partial charge in [0.2, 0.25) is 5.89 Å². The van der Waals surface area contributed by atoms with E-state index in [1.807, 2.05) is 13.8 Å². The molecular weight excluding hydrogens is 464 g/mol. The molecule has 1 atom stereocenters.